The van der Waals surface area contributed by atoms with Crippen LogP contribution in [0.3, 0.4) is 0 Å². The van der Waals surface area contributed by atoms with E-state index in [2.05, 4.69) is 10.4 Å². The molecule has 0 spiro atoms. The van der Waals surface area contributed by atoms with Gasteiger partial charge < -0.3 is 5.32 Å². The molecular formula is C25H21FN4O4S. The van der Waals surface area contributed by atoms with Crippen molar-refractivity contribution in [1.29, 1.82) is 0 Å². The molecule has 2 heterocycles. The first-order valence-electron chi connectivity index (χ1n) is 10.7. The lowest BCUT2D eigenvalue weighted by Gasteiger charge is -2.12. The van der Waals surface area contributed by atoms with E-state index in [1.807, 2.05) is 30.3 Å². The zero-order valence-corrected chi connectivity index (χ0v) is 19.8. The maximum Gasteiger partial charge on any atom is 0.293 e. The monoisotopic (exact) mass is 492 g/mol. The molecule has 35 heavy (non-hydrogen) atoms. The minimum absolute atomic E-state index is 0.0853. The van der Waals surface area contributed by atoms with Gasteiger partial charge in [-0.05, 0) is 49.9 Å². The molecule has 1 saturated heterocycles. The topological polar surface area (TPSA) is 101 Å². The van der Waals surface area contributed by atoms with Crippen molar-refractivity contribution >= 4 is 40.7 Å². The van der Waals surface area contributed by atoms with E-state index < -0.39 is 28.7 Å². The highest BCUT2D eigenvalue weighted by Gasteiger charge is 2.35. The summed E-state index contributed by atoms with van der Waals surface area (Å²) < 4.78 is 15.5. The summed E-state index contributed by atoms with van der Waals surface area (Å²) in [6, 6.07) is 15.1. The zero-order chi connectivity index (χ0) is 25.1. The van der Waals surface area contributed by atoms with Crippen LogP contribution in [0.5, 0.6) is 0 Å². The van der Waals surface area contributed by atoms with Crippen molar-refractivity contribution in [2.45, 2.75) is 13.8 Å². The summed E-state index contributed by atoms with van der Waals surface area (Å²) in [6.07, 6.45) is 1.32. The van der Waals surface area contributed by atoms with Gasteiger partial charge in [-0.1, -0.05) is 36.4 Å². The first kappa shape index (κ1) is 24.1. The molecule has 1 aromatic heterocycles. The molecule has 2 aromatic carbocycles. The number of aryl methyl sites for hydroxylation is 1. The van der Waals surface area contributed by atoms with Crippen LogP contribution in [0.2, 0.25) is 0 Å². The molecule has 3 aromatic rings. The Labute approximate surface area is 204 Å². The number of rotatable bonds is 7. The van der Waals surface area contributed by atoms with Gasteiger partial charge in [-0.25, -0.2) is 9.07 Å². The molecule has 0 bridgehead atoms. The fraction of sp³-hybridized carbons (Fsp3) is 0.160. The standard InChI is InChI=1S/C25H21FN4O4S/c1-15-21(16(2)30(28-15)18-9-4-3-5-10-18)22(31)23(32)27-12-13-29-24(33)20(35-25(29)34)14-17-8-6-7-11-19(17)26/h3-11,14H,12-13H2,1-2H3,(H,27,32)/b20-14-. The quantitative estimate of drug-likeness (QED) is 0.307. The predicted molar refractivity (Wildman–Crippen MR) is 129 cm³/mol. The summed E-state index contributed by atoms with van der Waals surface area (Å²) in [5.41, 5.74) is 2.09. The van der Waals surface area contributed by atoms with E-state index in [4.69, 9.17) is 0 Å². The Bertz CT molecular complexity index is 1370. The molecule has 0 atom stereocenters. The van der Waals surface area contributed by atoms with Crippen LogP contribution in [0.25, 0.3) is 11.8 Å². The number of carbonyl (C=O) groups excluding carboxylic acids is 4. The Morgan fingerprint density at radius 3 is 2.46 bits per heavy atom. The van der Waals surface area contributed by atoms with E-state index in [0.717, 1.165) is 10.6 Å². The lowest BCUT2D eigenvalue weighted by molar-refractivity contribution is -0.123. The second-order valence-electron chi connectivity index (χ2n) is 7.73. The summed E-state index contributed by atoms with van der Waals surface area (Å²) >= 11 is 0.693. The number of Topliss-reactive ketones (excluding diaryl/α,β-unsaturated/α-hetero) is 1. The van der Waals surface area contributed by atoms with Crippen molar-refractivity contribution < 1.29 is 23.6 Å². The average Bonchev–Trinajstić information content (AvgIpc) is 3.29. The van der Waals surface area contributed by atoms with Crippen molar-refractivity contribution in [2.24, 2.45) is 0 Å². The maximum absolute atomic E-state index is 13.9. The molecule has 178 valence electrons. The SMILES string of the molecule is Cc1nn(-c2ccccc2)c(C)c1C(=O)C(=O)NCCN1C(=O)S/C(=C\c2ccccc2F)C1=O. The number of nitrogens with zero attached hydrogens (tertiary/aromatic N) is 3. The summed E-state index contributed by atoms with van der Waals surface area (Å²) in [5, 5.41) is 6.31. The molecular weight excluding hydrogens is 471 g/mol. The van der Waals surface area contributed by atoms with E-state index in [1.165, 1.54) is 24.3 Å². The fourth-order valence-electron chi connectivity index (χ4n) is 3.69. The van der Waals surface area contributed by atoms with Gasteiger partial charge in [0, 0.05) is 18.7 Å². The number of amides is 3. The Kier molecular flexibility index (Phi) is 6.92. The van der Waals surface area contributed by atoms with E-state index in [1.54, 1.807) is 24.6 Å². The van der Waals surface area contributed by atoms with Crippen molar-refractivity contribution in [3.63, 3.8) is 0 Å². The number of imide groups is 1. The molecule has 0 unspecified atom stereocenters. The molecule has 0 saturated carbocycles. The van der Waals surface area contributed by atoms with Crippen molar-refractivity contribution in [2.75, 3.05) is 13.1 Å². The maximum atomic E-state index is 13.9. The average molecular weight is 493 g/mol. The fourth-order valence-corrected chi connectivity index (χ4v) is 4.55. The minimum atomic E-state index is -0.863. The molecule has 0 radical (unpaired) electrons. The largest absolute Gasteiger partial charge is 0.347 e. The third-order valence-electron chi connectivity index (χ3n) is 5.41. The van der Waals surface area contributed by atoms with Gasteiger partial charge in [0.25, 0.3) is 22.8 Å². The number of nitrogens with one attached hydrogen (secondary N) is 1. The minimum Gasteiger partial charge on any atom is -0.347 e. The van der Waals surface area contributed by atoms with Crippen LogP contribution in [-0.4, -0.2) is 50.6 Å². The van der Waals surface area contributed by atoms with E-state index in [9.17, 15) is 23.6 Å². The van der Waals surface area contributed by atoms with Gasteiger partial charge >= 0.3 is 0 Å². The summed E-state index contributed by atoms with van der Waals surface area (Å²) in [4.78, 5) is 51.2. The van der Waals surface area contributed by atoms with Gasteiger partial charge in [-0.15, -0.1) is 0 Å². The number of carbonyl (C=O) groups is 4. The van der Waals surface area contributed by atoms with Gasteiger partial charge in [-0.3, -0.25) is 24.1 Å². The lowest BCUT2D eigenvalue weighted by atomic mass is 10.1. The Balaban J connectivity index is 1.39. The molecule has 1 fully saturated rings. The summed E-state index contributed by atoms with van der Waals surface area (Å²) in [5.74, 6) is -2.71. The second kappa shape index (κ2) is 10.1. The van der Waals surface area contributed by atoms with E-state index in [-0.39, 0.29) is 29.1 Å². The number of ketones is 1. The van der Waals surface area contributed by atoms with Crippen LogP contribution in [0.1, 0.15) is 27.3 Å². The molecule has 0 aliphatic carbocycles. The van der Waals surface area contributed by atoms with Crippen molar-refractivity contribution in [1.82, 2.24) is 20.0 Å². The normalized spacial score (nSPS) is 14.6. The lowest BCUT2D eigenvalue weighted by Crippen LogP contribution is -2.39. The number of thioether (sulfide) groups is 1. The van der Waals surface area contributed by atoms with Gasteiger partial charge in [-0.2, -0.15) is 5.10 Å². The van der Waals surface area contributed by atoms with Gasteiger partial charge in [0.1, 0.15) is 5.82 Å². The molecule has 1 N–H and O–H groups in total. The van der Waals surface area contributed by atoms with Crippen LogP contribution in [-0.2, 0) is 9.59 Å². The zero-order valence-electron chi connectivity index (χ0n) is 18.9. The number of hydrogen-bond donors (Lipinski definition) is 1. The number of benzene rings is 2. The molecule has 3 amide bonds. The van der Waals surface area contributed by atoms with E-state index in [0.29, 0.717) is 23.1 Å². The third kappa shape index (κ3) is 4.92. The second-order valence-corrected chi connectivity index (χ2v) is 8.73. The first-order chi connectivity index (χ1) is 16.8. The van der Waals surface area contributed by atoms with Crippen LogP contribution in [0.4, 0.5) is 9.18 Å². The smallest absolute Gasteiger partial charge is 0.293 e. The van der Waals surface area contributed by atoms with E-state index >= 15 is 0 Å². The number of halogens is 1. The van der Waals surface area contributed by atoms with Crippen LogP contribution < -0.4 is 5.32 Å². The highest BCUT2D eigenvalue weighted by Crippen LogP contribution is 2.32. The van der Waals surface area contributed by atoms with Crippen LogP contribution in [0.15, 0.2) is 59.5 Å². The third-order valence-corrected chi connectivity index (χ3v) is 6.32. The highest BCUT2D eigenvalue weighted by atomic mass is 32.2. The highest BCUT2D eigenvalue weighted by molar-refractivity contribution is 8.18. The molecule has 4 rings (SSSR count). The molecule has 1 aliphatic rings. The number of hydrogen-bond acceptors (Lipinski definition) is 6. The summed E-state index contributed by atoms with van der Waals surface area (Å²) in [7, 11) is 0. The molecule has 10 heteroatoms. The summed E-state index contributed by atoms with van der Waals surface area (Å²) in [6.45, 7) is 3.12. The Hall–Kier alpha value is -4.05. The Morgan fingerprint density at radius 1 is 1.06 bits per heavy atom. The van der Waals surface area contributed by atoms with Gasteiger partial charge in [0.15, 0.2) is 0 Å². The van der Waals surface area contributed by atoms with Crippen molar-refractivity contribution in [3.8, 4) is 5.69 Å². The van der Waals surface area contributed by atoms with Crippen LogP contribution >= 0.6 is 11.8 Å². The predicted octanol–water partition coefficient (Wildman–Crippen LogP) is 3.66. The van der Waals surface area contributed by atoms with Crippen molar-refractivity contribution in [3.05, 3.63) is 87.8 Å². The molecule has 8 nitrogen and oxygen atoms in total. The molecule has 1 aliphatic heterocycles. The van der Waals surface area contributed by atoms with Gasteiger partial charge in [0.2, 0.25) is 0 Å². The Morgan fingerprint density at radius 2 is 1.74 bits per heavy atom. The first-order valence-corrected chi connectivity index (χ1v) is 11.5. The number of aromatic nitrogens is 2. The van der Waals surface area contributed by atoms with Crippen LogP contribution in [0, 0.1) is 19.7 Å². The van der Waals surface area contributed by atoms with Gasteiger partial charge in [0.05, 0.1) is 27.5 Å². The number of para-hydroxylation sites is 1.